The van der Waals surface area contributed by atoms with Gasteiger partial charge in [0.05, 0.1) is 13.1 Å². The number of aliphatic carboxylic acids is 1. The summed E-state index contributed by atoms with van der Waals surface area (Å²) in [4.78, 5) is 43.0. The summed E-state index contributed by atoms with van der Waals surface area (Å²) in [6, 6.07) is 11.8. The largest absolute Gasteiger partial charge is 0.488 e. The van der Waals surface area contributed by atoms with E-state index in [1.54, 1.807) is 53.4 Å². The summed E-state index contributed by atoms with van der Waals surface area (Å²) in [7, 11) is 0. The highest BCUT2D eigenvalue weighted by atomic mass is 35.5. The second-order valence-corrected chi connectivity index (χ2v) is 9.95. The van der Waals surface area contributed by atoms with Crippen LogP contribution in [-0.4, -0.2) is 89.9 Å². The van der Waals surface area contributed by atoms with Crippen LogP contribution >= 0.6 is 11.6 Å². The van der Waals surface area contributed by atoms with Crippen LogP contribution in [0.5, 0.6) is 5.75 Å². The van der Waals surface area contributed by atoms with Gasteiger partial charge >= 0.3 is 5.97 Å². The number of amides is 2. The van der Waals surface area contributed by atoms with Crippen molar-refractivity contribution in [3.8, 4) is 5.75 Å². The number of benzene rings is 2. The summed E-state index contributed by atoms with van der Waals surface area (Å²) in [5.41, 5.74) is 4.99. The molecule has 208 valence electrons. The standard InChI is InChI=1S/C27H33ClN6O5/c1-2-21(39-20-9-3-17(4-10-20)25(29)30)27(18-5-7-19(28)8-6-18,34-14-12-32-16-23(34)36)24(26(37)38)33-13-11-31-15-22(33)35/h3-10,21,24,31-32H,2,11-16H2,1H3,(H3,29,30)(H,37,38). The Labute approximate surface area is 231 Å². The van der Waals surface area contributed by atoms with E-state index in [-0.39, 0.29) is 43.8 Å². The Morgan fingerprint density at radius 3 is 2.23 bits per heavy atom. The van der Waals surface area contributed by atoms with Crippen LogP contribution in [0.15, 0.2) is 48.5 Å². The number of halogens is 1. The van der Waals surface area contributed by atoms with Crippen molar-refractivity contribution in [1.29, 1.82) is 5.41 Å². The molecule has 6 N–H and O–H groups in total. The van der Waals surface area contributed by atoms with Gasteiger partial charge in [-0.2, -0.15) is 0 Å². The fourth-order valence-electron chi connectivity index (χ4n) is 5.53. The van der Waals surface area contributed by atoms with Crippen LogP contribution in [0.1, 0.15) is 24.5 Å². The molecule has 0 aliphatic carbocycles. The maximum absolute atomic E-state index is 13.6. The van der Waals surface area contributed by atoms with Crippen LogP contribution in [0.25, 0.3) is 0 Å². The molecule has 2 aliphatic rings. The first-order valence-electron chi connectivity index (χ1n) is 12.8. The number of carbonyl (C=O) groups excluding carboxylic acids is 2. The number of rotatable bonds is 10. The maximum atomic E-state index is 13.6. The molecule has 2 amide bonds. The number of nitrogens with zero attached hydrogens (tertiary/aromatic N) is 2. The van der Waals surface area contributed by atoms with Gasteiger partial charge in [-0.25, -0.2) is 4.79 Å². The normalized spacial score (nSPS) is 19.2. The van der Waals surface area contributed by atoms with Gasteiger partial charge in [0, 0.05) is 36.8 Å². The van der Waals surface area contributed by atoms with Crippen LogP contribution < -0.4 is 21.1 Å². The van der Waals surface area contributed by atoms with Crippen molar-refractivity contribution >= 4 is 35.2 Å². The quantitative estimate of drug-likeness (QED) is 0.214. The van der Waals surface area contributed by atoms with Crippen LogP contribution in [0.4, 0.5) is 0 Å². The second kappa shape index (κ2) is 12.0. The molecule has 4 rings (SSSR count). The lowest BCUT2D eigenvalue weighted by Crippen LogP contribution is -2.74. The molecular formula is C27H33ClN6O5. The number of nitrogen functional groups attached to an aromatic ring is 1. The van der Waals surface area contributed by atoms with Crippen molar-refractivity contribution in [3.05, 3.63) is 64.7 Å². The fourth-order valence-corrected chi connectivity index (χ4v) is 5.65. The average molecular weight is 557 g/mol. The predicted octanol–water partition coefficient (Wildman–Crippen LogP) is 0.994. The summed E-state index contributed by atoms with van der Waals surface area (Å²) in [5, 5.41) is 25.0. The molecule has 2 fully saturated rings. The highest BCUT2D eigenvalue weighted by Gasteiger charge is 2.60. The third-order valence-corrected chi connectivity index (χ3v) is 7.49. The molecule has 39 heavy (non-hydrogen) atoms. The number of carboxylic acids is 1. The van der Waals surface area contributed by atoms with E-state index in [0.717, 1.165) is 0 Å². The van der Waals surface area contributed by atoms with Crippen molar-refractivity contribution < 1.29 is 24.2 Å². The van der Waals surface area contributed by atoms with E-state index in [9.17, 15) is 19.5 Å². The fraction of sp³-hybridized carbons (Fsp3) is 0.407. The zero-order valence-corrected chi connectivity index (χ0v) is 22.4. The summed E-state index contributed by atoms with van der Waals surface area (Å²) in [6.07, 6.45) is -0.592. The van der Waals surface area contributed by atoms with E-state index < -0.39 is 23.7 Å². The Morgan fingerprint density at radius 1 is 1.08 bits per heavy atom. The van der Waals surface area contributed by atoms with Crippen molar-refractivity contribution in [2.45, 2.75) is 31.0 Å². The number of carbonyl (C=O) groups is 3. The smallest absolute Gasteiger partial charge is 0.329 e. The maximum Gasteiger partial charge on any atom is 0.329 e. The first-order chi connectivity index (χ1) is 18.7. The third-order valence-electron chi connectivity index (χ3n) is 7.24. The predicted molar refractivity (Wildman–Crippen MR) is 146 cm³/mol. The summed E-state index contributed by atoms with van der Waals surface area (Å²) >= 11 is 6.24. The van der Waals surface area contributed by atoms with Gasteiger partial charge in [0.15, 0.2) is 6.04 Å². The first kappa shape index (κ1) is 28.3. The number of carboxylic acid groups (broad SMARTS) is 1. The number of nitrogens with one attached hydrogen (secondary N) is 3. The summed E-state index contributed by atoms with van der Waals surface area (Å²) in [5.74, 6) is -1.63. The monoisotopic (exact) mass is 556 g/mol. The molecule has 0 spiro atoms. The number of hydrogen-bond donors (Lipinski definition) is 5. The average Bonchev–Trinajstić information content (AvgIpc) is 2.92. The Kier molecular flexibility index (Phi) is 8.73. The number of piperazine rings is 2. The molecule has 3 atom stereocenters. The van der Waals surface area contributed by atoms with Crippen molar-refractivity contribution in [1.82, 2.24) is 20.4 Å². The van der Waals surface area contributed by atoms with E-state index in [0.29, 0.717) is 41.4 Å². The van der Waals surface area contributed by atoms with E-state index in [4.69, 9.17) is 27.5 Å². The minimum Gasteiger partial charge on any atom is -0.488 e. The van der Waals surface area contributed by atoms with Gasteiger partial charge in [0.2, 0.25) is 11.8 Å². The highest BCUT2D eigenvalue weighted by Crippen LogP contribution is 2.43. The molecule has 2 heterocycles. The van der Waals surface area contributed by atoms with Crippen LogP contribution in [0.3, 0.4) is 0 Å². The zero-order chi connectivity index (χ0) is 28.2. The van der Waals surface area contributed by atoms with Gasteiger partial charge < -0.3 is 36.0 Å². The summed E-state index contributed by atoms with van der Waals surface area (Å²) in [6.45, 7) is 3.05. The number of hydrogen-bond acceptors (Lipinski definition) is 7. The van der Waals surface area contributed by atoms with Gasteiger partial charge in [-0.1, -0.05) is 30.7 Å². The molecule has 12 heteroatoms. The van der Waals surface area contributed by atoms with Gasteiger partial charge in [0.25, 0.3) is 0 Å². The Bertz CT molecular complexity index is 1220. The molecule has 2 aliphatic heterocycles. The molecular weight excluding hydrogens is 524 g/mol. The Hall–Kier alpha value is -3.67. The minimum atomic E-state index is -1.61. The second-order valence-electron chi connectivity index (χ2n) is 9.51. The topological polar surface area (TPSA) is 161 Å². The van der Waals surface area contributed by atoms with Crippen molar-refractivity contribution in [3.63, 3.8) is 0 Å². The molecule has 3 unspecified atom stereocenters. The van der Waals surface area contributed by atoms with Crippen LogP contribution in [0.2, 0.25) is 5.02 Å². The lowest BCUT2D eigenvalue weighted by molar-refractivity contribution is -0.173. The van der Waals surface area contributed by atoms with Gasteiger partial charge in [-0.15, -0.1) is 0 Å². The summed E-state index contributed by atoms with van der Waals surface area (Å²) < 4.78 is 6.53. The van der Waals surface area contributed by atoms with E-state index in [2.05, 4.69) is 10.6 Å². The van der Waals surface area contributed by atoms with Crippen molar-refractivity contribution in [2.75, 3.05) is 39.3 Å². The molecule has 0 radical (unpaired) electrons. The Morgan fingerprint density at radius 2 is 1.69 bits per heavy atom. The molecule has 2 aromatic carbocycles. The van der Waals surface area contributed by atoms with E-state index in [1.165, 1.54) is 4.90 Å². The third kappa shape index (κ3) is 5.56. The first-order valence-corrected chi connectivity index (χ1v) is 13.2. The van der Waals surface area contributed by atoms with Crippen LogP contribution in [0, 0.1) is 5.41 Å². The van der Waals surface area contributed by atoms with Gasteiger partial charge in [-0.05, 0) is 48.4 Å². The molecule has 11 nitrogen and oxygen atoms in total. The zero-order valence-electron chi connectivity index (χ0n) is 21.7. The molecule has 0 saturated carbocycles. The van der Waals surface area contributed by atoms with Gasteiger partial charge in [-0.3, -0.25) is 15.0 Å². The van der Waals surface area contributed by atoms with Crippen LogP contribution in [-0.2, 0) is 19.9 Å². The van der Waals surface area contributed by atoms with E-state index in [1.807, 2.05) is 6.92 Å². The molecule has 0 bridgehead atoms. The lowest BCUT2D eigenvalue weighted by Gasteiger charge is -2.55. The Balaban J connectivity index is 1.97. The highest BCUT2D eigenvalue weighted by molar-refractivity contribution is 6.30. The molecule has 2 saturated heterocycles. The van der Waals surface area contributed by atoms with Crippen molar-refractivity contribution in [2.24, 2.45) is 5.73 Å². The minimum absolute atomic E-state index is 0.0138. The molecule has 2 aromatic rings. The molecule has 0 aromatic heterocycles. The van der Waals surface area contributed by atoms with Gasteiger partial charge in [0.1, 0.15) is 23.2 Å². The number of nitrogens with two attached hydrogens (primary N) is 1. The number of amidine groups is 1. The lowest BCUT2D eigenvalue weighted by atomic mass is 9.73. The number of ether oxygens (including phenoxy) is 1. The SMILES string of the molecule is CCC(Oc1ccc(C(=N)N)cc1)C(c1ccc(Cl)cc1)(C(C(=O)O)N1CCNCC1=O)N1CCNCC1=O. The van der Waals surface area contributed by atoms with E-state index >= 15 is 0 Å².